The Morgan fingerprint density at radius 2 is 2.35 bits per heavy atom. The molecular formula is C11H16ClN3OS. The molecule has 1 amide bonds. The third-order valence-electron chi connectivity index (χ3n) is 2.79. The Labute approximate surface area is 110 Å². The molecule has 0 aromatic carbocycles. The van der Waals surface area contributed by atoms with Crippen LogP contribution in [0.2, 0.25) is 4.34 Å². The first-order chi connectivity index (χ1) is 8.04. The average molecular weight is 274 g/mol. The molecule has 1 aliphatic rings. The molecule has 17 heavy (non-hydrogen) atoms. The highest BCUT2D eigenvalue weighted by molar-refractivity contribution is 7.16. The molecule has 0 bridgehead atoms. The summed E-state index contributed by atoms with van der Waals surface area (Å²) in [4.78, 5) is 16.8. The summed E-state index contributed by atoms with van der Waals surface area (Å²) in [6.45, 7) is 2.73. The van der Waals surface area contributed by atoms with Gasteiger partial charge >= 0.3 is 0 Å². The van der Waals surface area contributed by atoms with Gasteiger partial charge in [0.1, 0.15) is 0 Å². The minimum atomic E-state index is 0.126. The first-order valence-corrected chi connectivity index (χ1v) is 6.70. The first kappa shape index (κ1) is 12.8. The van der Waals surface area contributed by atoms with E-state index in [1.807, 2.05) is 19.2 Å². The van der Waals surface area contributed by atoms with Gasteiger partial charge in [0, 0.05) is 31.1 Å². The monoisotopic (exact) mass is 273 g/mol. The van der Waals surface area contributed by atoms with Gasteiger partial charge in [-0.3, -0.25) is 9.69 Å². The van der Waals surface area contributed by atoms with Crippen molar-refractivity contribution in [2.24, 2.45) is 5.73 Å². The normalized spacial score (nSPS) is 16.9. The second-order valence-corrected chi connectivity index (χ2v) is 6.21. The summed E-state index contributed by atoms with van der Waals surface area (Å²) in [5, 5.41) is 0. The molecule has 1 fully saturated rings. The highest BCUT2D eigenvalue weighted by Gasteiger charge is 2.25. The van der Waals surface area contributed by atoms with Crippen molar-refractivity contribution in [3.63, 3.8) is 0 Å². The highest BCUT2D eigenvalue weighted by Crippen LogP contribution is 2.22. The number of likely N-dealkylation sites (tertiary alicyclic amines) is 1. The van der Waals surface area contributed by atoms with Gasteiger partial charge in [-0.25, -0.2) is 0 Å². The standard InChI is InChI=1S/C11H16ClN3OS/c1-14(6-9-2-3-10(12)17-9)11(16)7-15-4-8(13)5-15/h2-3,8H,4-7,13H2,1H3. The van der Waals surface area contributed by atoms with Crippen LogP contribution in [0.25, 0.3) is 0 Å². The lowest BCUT2D eigenvalue weighted by Gasteiger charge is -2.37. The molecule has 1 aromatic heterocycles. The summed E-state index contributed by atoms with van der Waals surface area (Å²) >= 11 is 7.36. The average Bonchev–Trinajstić information content (AvgIpc) is 2.61. The lowest BCUT2D eigenvalue weighted by molar-refractivity contribution is -0.132. The maximum Gasteiger partial charge on any atom is 0.236 e. The van der Waals surface area contributed by atoms with Crippen LogP contribution < -0.4 is 5.73 Å². The molecule has 0 radical (unpaired) electrons. The molecule has 94 valence electrons. The number of nitrogens with two attached hydrogens (primary N) is 1. The summed E-state index contributed by atoms with van der Waals surface area (Å²) in [6.07, 6.45) is 0. The van der Waals surface area contributed by atoms with E-state index in [-0.39, 0.29) is 11.9 Å². The van der Waals surface area contributed by atoms with Crippen molar-refractivity contribution in [2.45, 2.75) is 12.6 Å². The van der Waals surface area contributed by atoms with Crippen LogP contribution in [0.5, 0.6) is 0 Å². The number of rotatable bonds is 4. The van der Waals surface area contributed by atoms with Crippen molar-refractivity contribution in [1.82, 2.24) is 9.80 Å². The summed E-state index contributed by atoms with van der Waals surface area (Å²) < 4.78 is 0.759. The molecule has 0 spiro atoms. The molecular weight excluding hydrogens is 258 g/mol. The van der Waals surface area contributed by atoms with Gasteiger partial charge in [-0.15, -0.1) is 11.3 Å². The third kappa shape index (κ3) is 3.42. The van der Waals surface area contributed by atoms with Crippen molar-refractivity contribution >= 4 is 28.8 Å². The molecule has 1 aliphatic heterocycles. The zero-order valence-corrected chi connectivity index (χ0v) is 11.3. The van der Waals surface area contributed by atoms with Crippen molar-refractivity contribution in [3.8, 4) is 0 Å². The number of carbonyl (C=O) groups is 1. The number of carbonyl (C=O) groups excluding carboxylic acids is 1. The van der Waals surface area contributed by atoms with Crippen molar-refractivity contribution in [3.05, 3.63) is 21.3 Å². The summed E-state index contributed by atoms with van der Waals surface area (Å²) in [7, 11) is 1.82. The number of hydrogen-bond acceptors (Lipinski definition) is 4. The second-order valence-electron chi connectivity index (χ2n) is 4.41. The molecule has 0 atom stereocenters. The van der Waals surface area contributed by atoms with Crippen LogP contribution in [0, 0.1) is 0 Å². The second kappa shape index (κ2) is 5.35. The lowest BCUT2D eigenvalue weighted by Crippen LogP contribution is -2.57. The molecule has 1 aromatic rings. The molecule has 2 heterocycles. The van der Waals surface area contributed by atoms with Gasteiger partial charge in [0.25, 0.3) is 0 Å². The van der Waals surface area contributed by atoms with Gasteiger partial charge in [0.15, 0.2) is 0 Å². The summed E-state index contributed by atoms with van der Waals surface area (Å²) in [5.74, 6) is 0.126. The van der Waals surface area contributed by atoms with Gasteiger partial charge in [0.2, 0.25) is 5.91 Å². The van der Waals surface area contributed by atoms with Crippen LogP contribution in [-0.2, 0) is 11.3 Å². The molecule has 2 N–H and O–H groups in total. The van der Waals surface area contributed by atoms with E-state index in [2.05, 4.69) is 4.90 Å². The Kier molecular flexibility index (Phi) is 4.04. The maximum atomic E-state index is 11.9. The van der Waals surface area contributed by atoms with E-state index in [9.17, 15) is 4.79 Å². The largest absolute Gasteiger partial charge is 0.340 e. The fourth-order valence-electron chi connectivity index (χ4n) is 1.81. The van der Waals surface area contributed by atoms with Crippen molar-refractivity contribution in [1.29, 1.82) is 0 Å². The summed E-state index contributed by atoms with van der Waals surface area (Å²) in [5.41, 5.74) is 5.67. The van der Waals surface area contributed by atoms with E-state index in [1.165, 1.54) is 11.3 Å². The van der Waals surface area contributed by atoms with Gasteiger partial charge in [0.05, 0.1) is 17.4 Å². The molecule has 0 aliphatic carbocycles. The highest BCUT2D eigenvalue weighted by atomic mass is 35.5. The van der Waals surface area contributed by atoms with Gasteiger partial charge < -0.3 is 10.6 Å². The predicted octanol–water partition coefficient (Wildman–Crippen LogP) is 1.00. The smallest absolute Gasteiger partial charge is 0.236 e. The number of amides is 1. The van der Waals surface area contributed by atoms with E-state index in [1.54, 1.807) is 4.90 Å². The zero-order valence-electron chi connectivity index (χ0n) is 9.73. The Hall–Kier alpha value is -0.620. The molecule has 1 saturated heterocycles. The molecule has 4 nitrogen and oxygen atoms in total. The molecule has 2 rings (SSSR count). The fourth-order valence-corrected chi connectivity index (χ4v) is 2.95. The van der Waals surface area contributed by atoms with Crippen LogP contribution in [0.1, 0.15) is 4.88 Å². The van der Waals surface area contributed by atoms with Crippen LogP contribution in [0.4, 0.5) is 0 Å². The SMILES string of the molecule is CN(Cc1ccc(Cl)s1)C(=O)CN1CC(N)C1. The van der Waals surface area contributed by atoms with E-state index in [4.69, 9.17) is 17.3 Å². The molecule has 6 heteroatoms. The summed E-state index contributed by atoms with van der Waals surface area (Å²) in [6, 6.07) is 4.05. The van der Waals surface area contributed by atoms with Gasteiger partial charge in [-0.05, 0) is 12.1 Å². The Morgan fingerprint density at radius 3 is 2.88 bits per heavy atom. The molecule has 0 unspecified atom stereocenters. The minimum absolute atomic E-state index is 0.126. The number of thiophene rings is 1. The van der Waals surface area contributed by atoms with E-state index >= 15 is 0 Å². The maximum absolute atomic E-state index is 11.9. The Balaban J connectivity index is 1.79. The van der Waals surface area contributed by atoms with E-state index in [0.29, 0.717) is 13.1 Å². The third-order valence-corrected chi connectivity index (χ3v) is 4.01. The molecule has 0 saturated carbocycles. The predicted molar refractivity (Wildman–Crippen MR) is 70.2 cm³/mol. The zero-order chi connectivity index (χ0) is 12.4. The topological polar surface area (TPSA) is 49.6 Å². The number of hydrogen-bond donors (Lipinski definition) is 1. The fraction of sp³-hybridized carbons (Fsp3) is 0.545. The quantitative estimate of drug-likeness (QED) is 0.891. The number of nitrogens with zero attached hydrogens (tertiary/aromatic N) is 2. The van der Waals surface area contributed by atoms with Crippen LogP contribution in [0.3, 0.4) is 0 Å². The minimum Gasteiger partial charge on any atom is -0.340 e. The van der Waals surface area contributed by atoms with Crippen molar-refractivity contribution in [2.75, 3.05) is 26.7 Å². The first-order valence-electron chi connectivity index (χ1n) is 5.50. The van der Waals surface area contributed by atoms with E-state index in [0.717, 1.165) is 22.3 Å². The van der Waals surface area contributed by atoms with Crippen LogP contribution >= 0.6 is 22.9 Å². The van der Waals surface area contributed by atoms with Gasteiger partial charge in [-0.1, -0.05) is 11.6 Å². The Morgan fingerprint density at radius 1 is 1.65 bits per heavy atom. The van der Waals surface area contributed by atoms with Crippen LogP contribution in [0.15, 0.2) is 12.1 Å². The Bertz CT molecular complexity index is 403. The van der Waals surface area contributed by atoms with E-state index < -0.39 is 0 Å². The number of likely N-dealkylation sites (N-methyl/N-ethyl adjacent to an activating group) is 1. The van der Waals surface area contributed by atoms with Crippen molar-refractivity contribution < 1.29 is 4.79 Å². The number of halogens is 1. The van der Waals surface area contributed by atoms with Gasteiger partial charge in [-0.2, -0.15) is 0 Å². The lowest BCUT2D eigenvalue weighted by atomic mass is 10.1. The van der Waals surface area contributed by atoms with Crippen LogP contribution in [-0.4, -0.2) is 48.4 Å².